The molecule has 20 heavy (non-hydrogen) atoms. The molecule has 114 valence electrons. The van der Waals surface area contributed by atoms with Gasteiger partial charge in [-0.25, -0.2) is 0 Å². The van der Waals surface area contributed by atoms with E-state index in [0.717, 1.165) is 5.75 Å². The summed E-state index contributed by atoms with van der Waals surface area (Å²) in [6.07, 6.45) is 5.41. The van der Waals surface area contributed by atoms with Gasteiger partial charge in [-0.3, -0.25) is 0 Å². The van der Waals surface area contributed by atoms with Crippen LogP contribution >= 0.6 is 0 Å². The second-order valence-corrected chi connectivity index (χ2v) is 6.02. The minimum atomic E-state index is 0.224. The monoisotopic (exact) mass is 277 g/mol. The van der Waals surface area contributed by atoms with Crippen molar-refractivity contribution in [2.75, 3.05) is 0 Å². The van der Waals surface area contributed by atoms with Crippen LogP contribution in [0.4, 0.5) is 0 Å². The zero-order valence-corrected chi connectivity index (χ0v) is 13.8. The Morgan fingerprint density at radius 1 is 1.10 bits per heavy atom. The normalized spacial score (nSPS) is 14.3. The Kier molecular flexibility index (Phi) is 7.68. The maximum absolute atomic E-state index is 5.76. The Morgan fingerprint density at radius 3 is 2.50 bits per heavy atom. The van der Waals surface area contributed by atoms with E-state index in [1.54, 1.807) is 0 Å². The summed E-state index contributed by atoms with van der Waals surface area (Å²) >= 11 is 0. The van der Waals surface area contributed by atoms with Crippen LogP contribution in [-0.2, 0) is 0 Å². The molecule has 1 aromatic carbocycles. The topological polar surface area (TPSA) is 21.3 Å². The summed E-state index contributed by atoms with van der Waals surface area (Å²) < 4.78 is 5.76. The fourth-order valence-electron chi connectivity index (χ4n) is 2.44. The molecular formula is C18H31NO. The molecule has 0 radical (unpaired) electrons. The standard InChI is InChI=1S/C18H31NO/c1-6-7-8-10-15(4)19-16(5)17-11-9-12-18(13-17)20-14(2)3/h9,11-16,19H,6-8,10H2,1-5H3. The number of unbranched alkanes of at least 4 members (excludes halogenated alkanes) is 2. The molecule has 2 heteroatoms. The molecule has 0 spiro atoms. The largest absolute Gasteiger partial charge is 0.491 e. The van der Waals surface area contributed by atoms with E-state index < -0.39 is 0 Å². The molecule has 0 aromatic heterocycles. The second kappa shape index (κ2) is 9.02. The average molecular weight is 277 g/mol. The Balaban J connectivity index is 2.51. The Morgan fingerprint density at radius 2 is 1.85 bits per heavy atom. The van der Waals surface area contributed by atoms with Gasteiger partial charge in [0, 0.05) is 12.1 Å². The van der Waals surface area contributed by atoms with Crippen LogP contribution in [0.1, 0.15) is 71.9 Å². The van der Waals surface area contributed by atoms with Crippen molar-refractivity contribution in [3.05, 3.63) is 29.8 Å². The van der Waals surface area contributed by atoms with Crippen LogP contribution in [0.2, 0.25) is 0 Å². The number of rotatable bonds is 9. The third kappa shape index (κ3) is 6.42. The molecule has 0 saturated heterocycles. The lowest BCUT2D eigenvalue weighted by Gasteiger charge is -2.21. The first-order chi connectivity index (χ1) is 9.52. The predicted octanol–water partition coefficient (Wildman–Crippen LogP) is 5.09. The Hall–Kier alpha value is -1.02. The van der Waals surface area contributed by atoms with Gasteiger partial charge in [-0.15, -0.1) is 0 Å². The number of hydrogen-bond donors (Lipinski definition) is 1. The van der Waals surface area contributed by atoms with Crippen LogP contribution in [0.25, 0.3) is 0 Å². The van der Waals surface area contributed by atoms with Crippen LogP contribution in [0.15, 0.2) is 24.3 Å². The number of benzene rings is 1. The predicted molar refractivity (Wildman–Crippen MR) is 87.4 cm³/mol. The van der Waals surface area contributed by atoms with E-state index in [4.69, 9.17) is 4.74 Å². The quantitative estimate of drug-likeness (QED) is 0.635. The van der Waals surface area contributed by atoms with E-state index in [-0.39, 0.29) is 6.10 Å². The summed E-state index contributed by atoms with van der Waals surface area (Å²) in [6, 6.07) is 9.35. The van der Waals surface area contributed by atoms with E-state index in [9.17, 15) is 0 Å². The van der Waals surface area contributed by atoms with Crippen LogP contribution in [0.5, 0.6) is 5.75 Å². The van der Waals surface area contributed by atoms with E-state index in [2.05, 4.69) is 58.1 Å². The maximum atomic E-state index is 5.76. The molecule has 0 bridgehead atoms. The highest BCUT2D eigenvalue weighted by Crippen LogP contribution is 2.21. The molecule has 2 nitrogen and oxygen atoms in total. The number of nitrogens with one attached hydrogen (secondary N) is 1. The van der Waals surface area contributed by atoms with Gasteiger partial charge in [0.05, 0.1) is 6.10 Å². The molecular weight excluding hydrogens is 246 g/mol. The Labute approximate surface area is 124 Å². The van der Waals surface area contributed by atoms with Crippen molar-refractivity contribution in [1.29, 1.82) is 0 Å². The average Bonchev–Trinajstić information content (AvgIpc) is 2.38. The summed E-state index contributed by atoms with van der Waals surface area (Å²) in [7, 11) is 0. The first kappa shape index (κ1) is 17.0. The molecule has 1 N–H and O–H groups in total. The summed E-state index contributed by atoms with van der Waals surface area (Å²) in [4.78, 5) is 0. The van der Waals surface area contributed by atoms with Crippen molar-refractivity contribution in [3.8, 4) is 5.75 Å². The summed E-state index contributed by atoms with van der Waals surface area (Å²) in [5.41, 5.74) is 1.30. The lowest BCUT2D eigenvalue weighted by Crippen LogP contribution is -2.28. The van der Waals surface area contributed by atoms with Crippen molar-refractivity contribution >= 4 is 0 Å². The molecule has 0 heterocycles. The molecule has 0 amide bonds. The van der Waals surface area contributed by atoms with Gasteiger partial charge in [0.15, 0.2) is 0 Å². The number of ether oxygens (including phenoxy) is 1. The number of hydrogen-bond acceptors (Lipinski definition) is 2. The maximum Gasteiger partial charge on any atom is 0.120 e. The van der Waals surface area contributed by atoms with Gasteiger partial charge in [0.25, 0.3) is 0 Å². The molecule has 0 aliphatic carbocycles. The highest BCUT2D eigenvalue weighted by molar-refractivity contribution is 5.30. The van der Waals surface area contributed by atoms with Gasteiger partial charge in [-0.1, -0.05) is 38.3 Å². The van der Waals surface area contributed by atoms with Crippen LogP contribution in [-0.4, -0.2) is 12.1 Å². The van der Waals surface area contributed by atoms with Crippen molar-refractivity contribution in [1.82, 2.24) is 5.32 Å². The zero-order chi connectivity index (χ0) is 15.0. The van der Waals surface area contributed by atoms with Crippen LogP contribution < -0.4 is 10.1 Å². The minimum absolute atomic E-state index is 0.224. The molecule has 0 saturated carbocycles. The highest BCUT2D eigenvalue weighted by Gasteiger charge is 2.10. The smallest absolute Gasteiger partial charge is 0.120 e. The lowest BCUT2D eigenvalue weighted by molar-refractivity contribution is 0.242. The van der Waals surface area contributed by atoms with E-state index >= 15 is 0 Å². The van der Waals surface area contributed by atoms with Gasteiger partial charge in [0.2, 0.25) is 0 Å². The molecule has 0 aliphatic rings. The SMILES string of the molecule is CCCCCC(C)NC(C)c1cccc(OC(C)C)c1. The first-order valence-corrected chi connectivity index (χ1v) is 8.05. The third-order valence-electron chi connectivity index (χ3n) is 3.51. The summed E-state index contributed by atoms with van der Waals surface area (Å²) in [5, 5.41) is 3.68. The molecule has 1 aromatic rings. The van der Waals surface area contributed by atoms with Crippen molar-refractivity contribution in [2.45, 2.75) is 78.5 Å². The van der Waals surface area contributed by atoms with Gasteiger partial charge >= 0.3 is 0 Å². The third-order valence-corrected chi connectivity index (χ3v) is 3.51. The fraction of sp³-hybridized carbons (Fsp3) is 0.667. The summed E-state index contributed by atoms with van der Waals surface area (Å²) in [6.45, 7) is 10.9. The first-order valence-electron chi connectivity index (χ1n) is 8.05. The molecule has 1 rings (SSSR count). The highest BCUT2D eigenvalue weighted by atomic mass is 16.5. The van der Waals surface area contributed by atoms with Crippen molar-refractivity contribution in [3.63, 3.8) is 0 Å². The fourth-order valence-corrected chi connectivity index (χ4v) is 2.44. The molecule has 2 unspecified atom stereocenters. The van der Waals surface area contributed by atoms with Crippen LogP contribution in [0, 0.1) is 0 Å². The van der Waals surface area contributed by atoms with Crippen molar-refractivity contribution < 1.29 is 4.74 Å². The van der Waals surface area contributed by atoms with Gasteiger partial charge < -0.3 is 10.1 Å². The van der Waals surface area contributed by atoms with Gasteiger partial charge in [-0.2, -0.15) is 0 Å². The van der Waals surface area contributed by atoms with Gasteiger partial charge in [-0.05, 0) is 51.8 Å². The summed E-state index contributed by atoms with van der Waals surface area (Å²) in [5.74, 6) is 0.963. The molecule has 0 aliphatic heterocycles. The molecule has 0 fully saturated rings. The Bertz CT molecular complexity index is 375. The van der Waals surface area contributed by atoms with E-state index in [0.29, 0.717) is 12.1 Å². The van der Waals surface area contributed by atoms with E-state index in [1.807, 2.05) is 6.07 Å². The zero-order valence-electron chi connectivity index (χ0n) is 13.8. The van der Waals surface area contributed by atoms with Crippen LogP contribution in [0.3, 0.4) is 0 Å². The van der Waals surface area contributed by atoms with E-state index in [1.165, 1.54) is 31.2 Å². The van der Waals surface area contributed by atoms with Gasteiger partial charge in [0.1, 0.15) is 5.75 Å². The molecule has 2 atom stereocenters. The van der Waals surface area contributed by atoms with Crippen molar-refractivity contribution in [2.24, 2.45) is 0 Å². The lowest BCUT2D eigenvalue weighted by atomic mass is 10.0. The minimum Gasteiger partial charge on any atom is -0.491 e. The second-order valence-electron chi connectivity index (χ2n) is 6.02.